The summed E-state index contributed by atoms with van der Waals surface area (Å²) in [6.45, 7) is 2.02. The van der Waals surface area contributed by atoms with Gasteiger partial charge >= 0.3 is 0 Å². The van der Waals surface area contributed by atoms with E-state index < -0.39 is 0 Å². The zero-order chi connectivity index (χ0) is 18.8. The molecular formula is C19H16FN5OS. The Bertz CT molecular complexity index is 1060. The summed E-state index contributed by atoms with van der Waals surface area (Å²) in [5.41, 5.74) is 2.83. The molecule has 0 aliphatic rings. The van der Waals surface area contributed by atoms with Crippen molar-refractivity contribution in [2.45, 2.75) is 17.8 Å². The first-order chi connectivity index (χ1) is 13.1. The minimum atomic E-state index is -0.291. The fraction of sp³-hybridized carbons (Fsp3) is 0.105. The number of oxazole rings is 1. The molecule has 0 aliphatic heterocycles. The zero-order valence-electron chi connectivity index (χ0n) is 14.5. The van der Waals surface area contributed by atoms with Crippen LogP contribution in [-0.4, -0.2) is 19.9 Å². The van der Waals surface area contributed by atoms with E-state index in [0.29, 0.717) is 28.4 Å². The molecule has 0 atom stereocenters. The first-order valence-corrected chi connectivity index (χ1v) is 9.20. The molecule has 4 rings (SSSR count). The Morgan fingerprint density at radius 3 is 2.48 bits per heavy atom. The number of halogens is 1. The fourth-order valence-corrected chi connectivity index (χ4v) is 3.24. The number of nitrogens with two attached hydrogens (primary N) is 1. The summed E-state index contributed by atoms with van der Waals surface area (Å²) in [7, 11) is 0. The van der Waals surface area contributed by atoms with E-state index >= 15 is 0 Å². The van der Waals surface area contributed by atoms with Gasteiger partial charge in [0.15, 0.2) is 11.6 Å². The van der Waals surface area contributed by atoms with Crippen LogP contribution in [0.25, 0.3) is 22.7 Å². The summed E-state index contributed by atoms with van der Waals surface area (Å²) in [4.78, 5) is 4.25. The standard InChI is InChI=1S/C19H16FN5OS/c1-12-2-4-14(5-3-12)18-23-24-19(25(18)21)27-11-17-22-10-16(26-17)13-6-8-15(20)9-7-13/h2-10H,11,21H2,1H3. The lowest BCUT2D eigenvalue weighted by molar-refractivity contribution is 0.529. The van der Waals surface area contributed by atoms with Crippen molar-refractivity contribution in [3.05, 3.63) is 72.0 Å². The highest BCUT2D eigenvalue weighted by molar-refractivity contribution is 7.98. The van der Waals surface area contributed by atoms with Crippen LogP contribution in [0.2, 0.25) is 0 Å². The highest BCUT2D eigenvalue weighted by Gasteiger charge is 2.14. The number of benzene rings is 2. The minimum Gasteiger partial charge on any atom is -0.440 e. The topological polar surface area (TPSA) is 82.8 Å². The Hall–Kier alpha value is -3.13. The third-order valence-corrected chi connectivity index (χ3v) is 4.91. The predicted molar refractivity (Wildman–Crippen MR) is 102 cm³/mol. The molecule has 0 amide bonds. The number of hydrogen-bond donors (Lipinski definition) is 1. The van der Waals surface area contributed by atoms with Crippen molar-refractivity contribution in [2.75, 3.05) is 5.84 Å². The molecule has 0 fully saturated rings. The van der Waals surface area contributed by atoms with E-state index in [0.717, 1.165) is 16.7 Å². The summed E-state index contributed by atoms with van der Waals surface area (Å²) in [5, 5.41) is 8.88. The summed E-state index contributed by atoms with van der Waals surface area (Å²) in [6, 6.07) is 14.0. The first kappa shape index (κ1) is 17.3. The van der Waals surface area contributed by atoms with Crippen molar-refractivity contribution < 1.29 is 8.81 Å². The molecule has 27 heavy (non-hydrogen) atoms. The molecule has 0 saturated heterocycles. The van der Waals surface area contributed by atoms with Crippen molar-refractivity contribution in [3.63, 3.8) is 0 Å². The van der Waals surface area contributed by atoms with E-state index in [1.165, 1.54) is 28.6 Å². The number of aryl methyl sites for hydroxylation is 1. The monoisotopic (exact) mass is 381 g/mol. The molecule has 2 aromatic carbocycles. The van der Waals surface area contributed by atoms with E-state index in [-0.39, 0.29) is 5.82 Å². The molecule has 136 valence electrons. The maximum Gasteiger partial charge on any atom is 0.210 e. The lowest BCUT2D eigenvalue weighted by atomic mass is 10.1. The van der Waals surface area contributed by atoms with Gasteiger partial charge < -0.3 is 10.3 Å². The second kappa shape index (κ2) is 7.24. The van der Waals surface area contributed by atoms with Gasteiger partial charge in [0.05, 0.1) is 11.9 Å². The smallest absolute Gasteiger partial charge is 0.210 e. The summed E-state index contributed by atoms with van der Waals surface area (Å²) in [6.07, 6.45) is 1.62. The largest absolute Gasteiger partial charge is 0.440 e. The summed E-state index contributed by atoms with van der Waals surface area (Å²) in [5.74, 6) is 7.99. The lowest BCUT2D eigenvalue weighted by Gasteiger charge is -2.03. The third-order valence-electron chi connectivity index (χ3n) is 3.98. The van der Waals surface area contributed by atoms with E-state index in [9.17, 15) is 4.39 Å². The molecule has 0 bridgehead atoms. The Morgan fingerprint density at radius 2 is 1.74 bits per heavy atom. The summed E-state index contributed by atoms with van der Waals surface area (Å²) >= 11 is 1.38. The van der Waals surface area contributed by atoms with Gasteiger partial charge in [-0.1, -0.05) is 41.6 Å². The molecule has 0 unspecified atom stereocenters. The number of rotatable bonds is 5. The van der Waals surface area contributed by atoms with Gasteiger partial charge in [0, 0.05) is 11.1 Å². The number of hydrogen-bond acceptors (Lipinski definition) is 6. The average Bonchev–Trinajstić information content (AvgIpc) is 3.28. The second-order valence-corrected chi connectivity index (χ2v) is 6.90. The fourth-order valence-electron chi connectivity index (χ4n) is 2.53. The van der Waals surface area contributed by atoms with Gasteiger partial charge in [0.1, 0.15) is 5.82 Å². The number of aromatic nitrogens is 4. The average molecular weight is 381 g/mol. The van der Waals surface area contributed by atoms with Gasteiger partial charge in [-0.25, -0.2) is 14.1 Å². The van der Waals surface area contributed by atoms with Crippen molar-refractivity contribution in [3.8, 4) is 22.7 Å². The van der Waals surface area contributed by atoms with Gasteiger partial charge in [-0.05, 0) is 31.2 Å². The normalized spacial score (nSPS) is 11.0. The van der Waals surface area contributed by atoms with Crippen molar-refractivity contribution in [2.24, 2.45) is 0 Å². The van der Waals surface area contributed by atoms with Crippen molar-refractivity contribution in [1.29, 1.82) is 0 Å². The molecular weight excluding hydrogens is 365 g/mol. The minimum absolute atomic E-state index is 0.291. The van der Waals surface area contributed by atoms with Crippen LogP contribution in [0.15, 0.2) is 64.3 Å². The molecule has 0 radical (unpaired) electrons. The van der Waals surface area contributed by atoms with Crippen LogP contribution in [0.1, 0.15) is 11.5 Å². The van der Waals surface area contributed by atoms with Crippen molar-refractivity contribution in [1.82, 2.24) is 19.9 Å². The predicted octanol–water partition coefficient (Wildman–Crippen LogP) is 4.05. The molecule has 8 heteroatoms. The maximum atomic E-state index is 13.0. The molecule has 0 spiro atoms. The summed E-state index contributed by atoms with van der Waals surface area (Å²) < 4.78 is 20.2. The molecule has 0 saturated carbocycles. The van der Waals surface area contributed by atoms with E-state index in [4.69, 9.17) is 10.3 Å². The van der Waals surface area contributed by atoms with E-state index in [1.54, 1.807) is 18.3 Å². The Balaban J connectivity index is 1.46. The number of thioether (sulfide) groups is 1. The van der Waals surface area contributed by atoms with E-state index in [2.05, 4.69) is 15.2 Å². The third kappa shape index (κ3) is 3.70. The van der Waals surface area contributed by atoms with Crippen molar-refractivity contribution >= 4 is 11.8 Å². The van der Waals surface area contributed by atoms with Crippen LogP contribution >= 0.6 is 11.8 Å². The Labute approximate surface area is 159 Å². The maximum absolute atomic E-state index is 13.0. The van der Waals surface area contributed by atoms with Gasteiger partial charge in [0.2, 0.25) is 11.0 Å². The van der Waals surface area contributed by atoms with Crippen LogP contribution < -0.4 is 5.84 Å². The first-order valence-electron chi connectivity index (χ1n) is 8.21. The number of nitrogen functional groups attached to an aromatic ring is 1. The Kier molecular flexibility index (Phi) is 4.64. The van der Waals surface area contributed by atoms with Gasteiger partial charge in [-0.15, -0.1) is 10.2 Å². The van der Waals surface area contributed by atoms with Gasteiger partial charge in [-0.3, -0.25) is 0 Å². The van der Waals surface area contributed by atoms with Gasteiger partial charge in [-0.2, -0.15) is 0 Å². The molecule has 4 aromatic rings. The second-order valence-electron chi connectivity index (χ2n) is 5.96. The zero-order valence-corrected chi connectivity index (χ0v) is 15.3. The lowest BCUT2D eigenvalue weighted by Crippen LogP contribution is -2.11. The van der Waals surface area contributed by atoms with Crippen LogP contribution in [0, 0.1) is 12.7 Å². The highest BCUT2D eigenvalue weighted by atomic mass is 32.2. The molecule has 2 N–H and O–H groups in total. The van der Waals surface area contributed by atoms with E-state index in [1.807, 2.05) is 31.2 Å². The Morgan fingerprint density at radius 1 is 1.04 bits per heavy atom. The number of nitrogens with zero attached hydrogens (tertiary/aromatic N) is 4. The molecule has 6 nitrogen and oxygen atoms in total. The SMILES string of the molecule is Cc1ccc(-c2nnc(SCc3ncc(-c4ccc(F)cc4)o3)n2N)cc1. The quantitative estimate of drug-likeness (QED) is 0.415. The van der Waals surface area contributed by atoms with Crippen LogP contribution in [0.5, 0.6) is 0 Å². The van der Waals surface area contributed by atoms with Gasteiger partial charge in [0.25, 0.3) is 0 Å². The van der Waals surface area contributed by atoms with Crippen LogP contribution in [0.4, 0.5) is 4.39 Å². The molecule has 2 heterocycles. The highest BCUT2D eigenvalue weighted by Crippen LogP contribution is 2.26. The van der Waals surface area contributed by atoms with Crippen LogP contribution in [-0.2, 0) is 5.75 Å². The molecule has 2 aromatic heterocycles. The van der Waals surface area contributed by atoms with Crippen LogP contribution in [0.3, 0.4) is 0 Å². The molecule has 0 aliphatic carbocycles.